The second kappa shape index (κ2) is 6.61. The van der Waals surface area contributed by atoms with Gasteiger partial charge in [0.1, 0.15) is 11.6 Å². The molecule has 5 heteroatoms. The first-order valence-electron chi connectivity index (χ1n) is 6.86. The minimum absolute atomic E-state index is 0.261. The fourth-order valence-corrected chi connectivity index (χ4v) is 2.28. The van der Waals surface area contributed by atoms with Gasteiger partial charge in [-0.15, -0.1) is 0 Å². The molecule has 0 spiro atoms. The van der Waals surface area contributed by atoms with Gasteiger partial charge in [-0.2, -0.15) is 5.10 Å². The van der Waals surface area contributed by atoms with Crippen LogP contribution in [-0.4, -0.2) is 16.3 Å². The van der Waals surface area contributed by atoms with Gasteiger partial charge in [-0.1, -0.05) is 6.92 Å². The molecule has 1 unspecified atom stereocenters. The number of aryl methyl sites for hydroxylation is 1. The quantitative estimate of drug-likeness (QED) is 0.879. The Morgan fingerprint density at radius 1 is 1.20 bits per heavy atom. The van der Waals surface area contributed by atoms with Gasteiger partial charge in [0, 0.05) is 18.8 Å². The number of aromatic nitrogens is 2. The smallest absolute Gasteiger partial charge is 0.126 e. The van der Waals surface area contributed by atoms with Gasteiger partial charge in [0.05, 0.1) is 11.7 Å². The maximum absolute atomic E-state index is 13.4. The molecule has 1 N–H and O–H groups in total. The third kappa shape index (κ3) is 3.22. The molecule has 0 radical (unpaired) electrons. The Balaban J connectivity index is 2.41. The van der Waals surface area contributed by atoms with Gasteiger partial charge in [0.25, 0.3) is 0 Å². The summed E-state index contributed by atoms with van der Waals surface area (Å²) in [6.45, 7) is 5.51. The highest BCUT2D eigenvalue weighted by Gasteiger charge is 2.18. The van der Waals surface area contributed by atoms with Crippen molar-refractivity contribution in [3.8, 4) is 0 Å². The number of nitrogens with one attached hydrogen (secondary N) is 1. The maximum Gasteiger partial charge on any atom is 0.126 e. The molecule has 0 aliphatic heterocycles. The summed E-state index contributed by atoms with van der Waals surface area (Å²) in [4.78, 5) is 0. The summed E-state index contributed by atoms with van der Waals surface area (Å²) >= 11 is 0. The summed E-state index contributed by atoms with van der Waals surface area (Å²) < 4.78 is 28.7. The van der Waals surface area contributed by atoms with Crippen LogP contribution in [0.3, 0.4) is 0 Å². The number of halogens is 2. The molecule has 2 rings (SSSR count). The molecule has 0 aliphatic carbocycles. The highest BCUT2D eigenvalue weighted by atomic mass is 19.1. The largest absolute Gasteiger partial charge is 0.305 e. The summed E-state index contributed by atoms with van der Waals surface area (Å²) in [6.07, 6.45) is 2.64. The van der Waals surface area contributed by atoms with E-state index in [4.69, 9.17) is 0 Å². The number of hydrogen-bond donors (Lipinski definition) is 1. The molecule has 1 atom stereocenters. The van der Waals surface area contributed by atoms with Gasteiger partial charge in [-0.05, 0) is 43.7 Å². The van der Waals surface area contributed by atoms with Gasteiger partial charge in [-0.3, -0.25) is 4.68 Å². The summed E-state index contributed by atoms with van der Waals surface area (Å²) in [5, 5.41) is 7.55. The standard InChI is InChI=1S/C15H19F2N3/c1-3-6-18-15(14-5-7-19-20(14)4-2)11-8-12(16)10-13(17)9-11/h5,7-10,15,18H,3-4,6H2,1-2H3. The SMILES string of the molecule is CCCNC(c1cc(F)cc(F)c1)c1ccnn1CC. The Morgan fingerprint density at radius 3 is 2.50 bits per heavy atom. The zero-order valence-electron chi connectivity index (χ0n) is 11.7. The first kappa shape index (κ1) is 14.7. The van der Waals surface area contributed by atoms with Crippen molar-refractivity contribution < 1.29 is 8.78 Å². The van der Waals surface area contributed by atoms with E-state index in [1.807, 2.05) is 24.6 Å². The second-order valence-corrected chi connectivity index (χ2v) is 4.66. The van der Waals surface area contributed by atoms with E-state index in [9.17, 15) is 8.78 Å². The number of hydrogen-bond acceptors (Lipinski definition) is 2. The lowest BCUT2D eigenvalue weighted by atomic mass is 10.0. The van der Waals surface area contributed by atoms with E-state index in [1.54, 1.807) is 6.20 Å². The minimum Gasteiger partial charge on any atom is -0.305 e. The molecule has 0 bridgehead atoms. The summed E-state index contributed by atoms with van der Waals surface area (Å²) in [5.74, 6) is -1.13. The normalized spacial score (nSPS) is 12.6. The van der Waals surface area contributed by atoms with Crippen LogP contribution in [-0.2, 0) is 6.54 Å². The molecule has 1 aromatic heterocycles. The van der Waals surface area contributed by atoms with E-state index in [2.05, 4.69) is 10.4 Å². The van der Waals surface area contributed by atoms with Crippen LogP contribution in [0.2, 0.25) is 0 Å². The fraction of sp³-hybridized carbons (Fsp3) is 0.400. The van der Waals surface area contributed by atoms with E-state index < -0.39 is 11.6 Å². The van der Waals surface area contributed by atoms with Crippen LogP contribution in [0.5, 0.6) is 0 Å². The average molecular weight is 279 g/mol. The Bertz CT molecular complexity index is 546. The van der Waals surface area contributed by atoms with Gasteiger partial charge >= 0.3 is 0 Å². The third-order valence-corrected chi connectivity index (χ3v) is 3.16. The number of rotatable bonds is 6. The fourth-order valence-electron chi connectivity index (χ4n) is 2.28. The van der Waals surface area contributed by atoms with Crippen LogP contribution in [0, 0.1) is 11.6 Å². The molecule has 0 amide bonds. The van der Waals surface area contributed by atoms with Crippen molar-refractivity contribution in [2.45, 2.75) is 32.9 Å². The summed E-state index contributed by atoms with van der Waals surface area (Å²) in [7, 11) is 0. The zero-order valence-corrected chi connectivity index (χ0v) is 11.7. The monoisotopic (exact) mass is 279 g/mol. The van der Waals surface area contributed by atoms with E-state index in [-0.39, 0.29) is 6.04 Å². The zero-order chi connectivity index (χ0) is 14.5. The van der Waals surface area contributed by atoms with Crippen LogP contribution in [0.4, 0.5) is 8.78 Å². The average Bonchev–Trinajstić information content (AvgIpc) is 2.86. The maximum atomic E-state index is 13.4. The van der Waals surface area contributed by atoms with Crippen LogP contribution < -0.4 is 5.32 Å². The summed E-state index contributed by atoms with van der Waals surface area (Å²) in [5.41, 5.74) is 1.48. The van der Waals surface area contributed by atoms with E-state index >= 15 is 0 Å². The first-order chi connectivity index (χ1) is 9.65. The molecule has 3 nitrogen and oxygen atoms in total. The lowest BCUT2D eigenvalue weighted by molar-refractivity contribution is 0.519. The minimum atomic E-state index is -0.564. The Morgan fingerprint density at radius 2 is 1.90 bits per heavy atom. The topological polar surface area (TPSA) is 29.9 Å². The molecule has 0 saturated carbocycles. The number of nitrogens with zero attached hydrogens (tertiary/aromatic N) is 2. The van der Waals surface area contributed by atoms with Crippen molar-refractivity contribution in [1.82, 2.24) is 15.1 Å². The predicted octanol–water partition coefficient (Wildman–Crippen LogP) is 3.27. The summed E-state index contributed by atoms with van der Waals surface area (Å²) in [6, 6.07) is 5.23. The van der Waals surface area contributed by atoms with Crippen LogP contribution >= 0.6 is 0 Å². The van der Waals surface area contributed by atoms with Gasteiger partial charge < -0.3 is 5.32 Å². The van der Waals surface area contributed by atoms with Crippen molar-refractivity contribution in [2.24, 2.45) is 0 Å². The Kier molecular flexibility index (Phi) is 4.84. The van der Waals surface area contributed by atoms with Crippen molar-refractivity contribution >= 4 is 0 Å². The second-order valence-electron chi connectivity index (χ2n) is 4.66. The molecule has 20 heavy (non-hydrogen) atoms. The molecular weight excluding hydrogens is 260 g/mol. The van der Waals surface area contributed by atoms with Gasteiger partial charge in [0.15, 0.2) is 0 Å². The van der Waals surface area contributed by atoms with E-state index in [0.717, 1.165) is 24.7 Å². The molecule has 0 aliphatic rings. The highest BCUT2D eigenvalue weighted by molar-refractivity contribution is 5.29. The van der Waals surface area contributed by atoms with Gasteiger partial charge in [-0.25, -0.2) is 8.78 Å². The van der Waals surface area contributed by atoms with Crippen LogP contribution in [0.25, 0.3) is 0 Å². The van der Waals surface area contributed by atoms with Crippen LogP contribution in [0.1, 0.15) is 37.6 Å². The van der Waals surface area contributed by atoms with Crippen molar-refractivity contribution in [3.63, 3.8) is 0 Å². The van der Waals surface area contributed by atoms with Gasteiger partial charge in [0.2, 0.25) is 0 Å². The molecule has 0 fully saturated rings. The lowest BCUT2D eigenvalue weighted by Crippen LogP contribution is -2.26. The van der Waals surface area contributed by atoms with Crippen molar-refractivity contribution in [3.05, 3.63) is 53.4 Å². The Hall–Kier alpha value is -1.75. The first-order valence-corrected chi connectivity index (χ1v) is 6.86. The van der Waals surface area contributed by atoms with E-state index in [1.165, 1.54) is 12.1 Å². The molecule has 2 aromatic rings. The molecule has 1 aromatic carbocycles. The van der Waals surface area contributed by atoms with Crippen molar-refractivity contribution in [1.29, 1.82) is 0 Å². The van der Waals surface area contributed by atoms with E-state index in [0.29, 0.717) is 12.1 Å². The lowest BCUT2D eigenvalue weighted by Gasteiger charge is -2.20. The third-order valence-electron chi connectivity index (χ3n) is 3.16. The van der Waals surface area contributed by atoms with Crippen molar-refractivity contribution in [2.75, 3.05) is 6.54 Å². The molecule has 0 saturated heterocycles. The highest BCUT2D eigenvalue weighted by Crippen LogP contribution is 2.23. The predicted molar refractivity (Wildman–Crippen MR) is 74.4 cm³/mol. The molecule has 108 valence electrons. The van der Waals surface area contributed by atoms with Crippen LogP contribution in [0.15, 0.2) is 30.5 Å². The molecular formula is C15H19F2N3. The molecule has 1 heterocycles. The number of benzene rings is 1. The Labute approximate surface area is 117 Å².